The van der Waals surface area contributed by atoms with Crippen LogP contribution in [0.15, 0.2) is 29.3 Å². The molecule has 1 aliphatic heterocycles. The van der Waals surface area contributed by atoms with E-state index in [9.17, 15) is 0 Å². The van der Waals surface area contributed by atoms with Crippen LogP contribution in [0.2, 0.25) is 0 Å². The summed E-state index contributed by atoms with van der Waals surface area (Å²) in [7, 11) is 0. The fourth-order valence-electron chi connectivity index (χ4n) is 1.82. The highest BCUT2D eigenvalue weighted by Gasteiger charge is 2.15. The minimum Gasteiger partial charge on any atom is -0.326 e. The van der Waals surface area contributed by atoms with Crippen LogP contribution in [-0.2, 0) is 6.54 Å². The van der Waals surface area contributed by atoms with Gasteiger partial charge in [0.2, 0.25) is 0 Å². The number of aliphatic imine (C=N–C) groups is 1. The smallest absolute Gasteiger partial charge is 0.118 e. The van der Waals surface area contributed by atoms with Gasteiger partial charge >= 0.3 is 0 Å². The molecule has 0 spiro atoms. The summed E-state index contributed by atoms with van der Waals surface area (Å²) in [5, 5.41) is 2.14. The average molecular weight is 232 g/mol. The van der Waals surface area contributed by atoms with Gasteiger partial charge in [0.25, 0.3) is 0 Å². The molecule has 4 nitrogen and oxygen atoms in total. The third-order valence-corrected chi connectivity index (χ3v) is 2.89. The van der Waals surface area contributed by atoms with Gasteiger partial charge in [-0.3, -0.25) is 15.4 Å². The van der Waals surface area contributed by atoms with Crippen molar-refractivity contribution >= 4 is 11.5 Å². The zero-order chi connectivity index (χ0) is 12.3. The number of hydrogen-bond acceptors (Lipinski definition) is 4. The topological polar surface area (TPSA) is 53.6 Å². The first kappa shape index (κ1) is 11.9. The maximum Gasteiger partial charge on any atom is 0.118 e. The number of nitrogens with two attached hydrogens (primary N) is 1. The van der Waals surface area contributed by atoms with Crippen molar-refractivity contribution in [3.8, 4) is 0 Å². The van der Waals surface area contributed by atoms with E-state index < -0.39 is 0 Å². The van der Waals surface area contributed by atoms with Gasteiger partial charge in [-0.1, -0.05) is 26.0 Å². The molecule has 4 heteroatoms. The number of hydrazine groups is 1. The van der Waals surface area contributed by atoms with Gasteiger partial charge in [-0.2, -0.15) is 0 Å². The molecule has 0 saturated carbocycles. The summed E-state index contributed by atoms with van der Waals surface area (Å²) >= 11 is 0. The van der Waals surface area contributed by atoms with Crippen molar-refractivity contribution in [1.82, 2.24) is 5.43 Å². The molecule has 0 saturated heterocycles. The number of hydrogen-bond donors (Lipinski definition) is 2. The fourth-order valence-corrected chi connectivity index (χ4v) is 1.82. The first-order valence-electron chi connectivity index (χ1n) is 6.08. The van der Waals surface area contributed by atoms with Gasteiger partial charge in [0.1, 0.15) is 5.84 Å². The van der Waals surface area contributed by atoms with Crippen LogP contribution in [0.25, 0.3) is 0 Å². The van der Waals surface area contributed by atoms with Gasteiger partial charge in [-0.05, 0) is 17.7 Å². The van der Waals surface area contributed by atoms with Crippen LogP contribution in [0, 0.1) is 5.92 Å². The maximum absolute atomic E-state index is 5.59. The van der Waals surface area contributed by atoms with E-state index in [1.165, 1.54) is 0 Å². The first-order chi connectivity index (χ1) is 8.20. The SMILES string of the molecule is CC(C)C1=NCCN(c2ccc(CN)cc2)N1. The standard InChI is InChI=1S/C13H20N4/c1-10(2)13-15-7-8-17(16-13)12-5-3-11(9-14)4-6-12/h3-6,10H,7-9,14H2,1-2H3,(H,15,16). The molecule has 1 aromatic carbocycles. The Kier molecular flexibility index (Phi) is 3.64. The van der Waals surface area contributed by atoms with Crippen molar-refractivity contribution < 1.29 is 0 Å². The van der Waals surface area contributed by atoms with Gasteiger partial charge in [-0.25, -0.2) is 0 Å². The highest BCUT2D eigenvalue weighted by atomic mass is 15.5. The number of rotatable bonds is 3. The Morgan fingerprint density at radius 1 is 1.35 bits per heavy atom. The van der Waals surface area contributed by atoms with Crippen molar-refractivity contribution in [3.63, 3.8) is 0 Å². The van der Waals surface area contributed by atoms with Crippen LogP contribution in [0.1, 0.15) is 19.4 Å². The molecule has 0 fully saturated rings. The maximum atomic E-state index is 5.59. The molecular weight excluding hydrogens is 212 g/mol. The molecule has 92 valence electrons. The van der Waals surface area contributed by atoms with Crippen LogP contribution in [0.5, 0.6) is 0 Å². The van der Waals surface area contributed by atoms with E-state index in [4.69, 9.17) is 5.73 Å². The van der Waals surface area contributed by atoms with Gasteiger partial charge in [-0.15, -0.1) is 0 Å². The summed E-state index contributed by atoms with van der Waals surface area (Å²) in [6.45, 7) is 6.63. The Hall–Kier alpha value is -1.55. The monoisotopic (exact) mass is 232 g/mol. The predicted octanol–water partition coefficient (Wildman–Crippen LogP) is 1.52. The summed E-state index contributed by atoms with van der Waals surface area (Å²) < 4.78 is 0. The third kappa shape index (κ3) is 2.77. The molecule has 0 amide bonds. The van der Waals surface area contributed by atoms with Crippen molar-refractivity contribution in [2.75, 3.05) is 18.1 Å². The van der Waals surface area contributed by atoms with Crippen LogP contribution >= 0.6 is 0 Å². The lowest BCUT2D eigenvalue weighted by atomic mass is 10.2. The Morgan fingerprint density at radius 2 is 2.06 bits per heavy atom. The third-order valence-electron chi connectivity index (χ3n) is 2.89. The molecule has 0 aliphatic carbocycles. The summed E-state index contributed by atoms with van der Waals surface area (Å²) in [6.07, 6.45) is 0. The van der Waals surface area contributed by atoms with E-state index in [-0.39, 0.29) is 0 Å². The summed E-state index contributed by atoms with van der Waals surface area (Å²) in [6, 6.07) is 8.33. The zero-order valence-electron chi connectivity index (χ0n) is 10.5. The van der Waals surface area contributed by atoms with Crippen LogP contribution in [0.3, 0.4) is 0 Å². The van der Waals surface area contributed by atoms with Crippen LogP contribution < -0.4 is 16.2 Å². The molecule has 0 unspecified atom stereocenters. The largest absolute Gasteiger partial charge is 0.326 e. The summed E-state index contributed by atoms with van der Waals surface area (Å²) in [5.74, 6) is 1.49. The lowest BCUT2D eigenvalue weighted by Crippen LogP contribution is -2.49. The second-order valence-electron chi connectivity index (χ2n) is 4.56. The minimum absolute atomic E-state index is 0.432. The van der Waals surface area contributed by atoms with E-state index in [1.807, 2.05) is 0 Å². The molecule has 0 bridgehead atoms. The average Bonchev–Trinajstić information content (AvgIpc) is 2.39. The number of nitrogens with one attached hydrogen (secondary N) is 1. The Morgan fingerprint density at radius 3 is 2.65 bits per heavy atom. The normalized spacial score (nSPS) is 15.8. The second kappa shape index (κ2) is 5.19. The molecule has 17 heavy (non-hydrogen) atoms. The van der Waals surface area contributed by atoms with Crippen molar-refractivity contribution in [2.45, 2.75) is 20.4 Å². The number of nitrogens with zero attached hydrogens (tertiary/aromatic N) is 2. The minimum atomic E-state index is 0.432. The predicted molar refractivity (Wildman–Crippen MR) is 72.0 cm³/mol. The Labute approximate surface area is 102 Å². The van der Waals surface area contributed by atoms with Gasteiger partial charge < -0.3 is 5.73 Å². The van der Waals surface area contributed by atoms with Crippen LogP contribution in [0.4, 0.5) is 5.69 Å². The van der Waals surface area contributed by atoms with E-state index in [1.54, 1.807) is 0 Å². The van der Waals surface area contributed by atoms with E-state index in [0.717, 1.165) is 30.2 Å². The molecule has 0 radical (unpaired) electrons. The quantitative estimate of drug-likeness (QED) is 0.831. The van der Waals surface area contributed by atoms with E-state index >= 15 is 0 Å². The number of anilines is 1. The van der Waals surface area contributed by atoms with Gasteiger partial charge in [0, 0.05) is 12.5 Å². The van der Waals surface area contributed by atoms with Crippen LogP contribution in [-0.4, -0.2) is 18.9 Å². The highest BCUT2D eigenvalue weighted by Crippen LogP contribution is 2.15. The van der Waals surface area contributed by atoms with Crippen molar-refractivity contribution in [2.24, 2.45) is 16.6 Å². The van der Waals surface area contributed by atoms with Gasteiger partial charge in [0.05, 0.1) is 18.8 Å². The lowest BCUT2D eigenvalue weighted by molar-refractivity contribution is 0.673. The molecule has 0 atom stereocenters. The van der Waals surface area contributed by atoms with E-state index in [0.29, 0.717) is 12.5 Å². The molecule has 1 heterocycles. The molecule has 1 aromatic rings. The number of benzene rings is 1. The highest BCUT2D eigenvalue weighted by molar-refractivity contribution is 5.86. The first-order valence-corrected chi connectivity index (χ1v) is 6.08. The zero-order valence-corrected chi connectivity index (χ0v) is 10.5. The molecule has 1 aliphatic rings. The van der Waals surface area contributed by atoms with Gasteiger partial charge in [0.15, 0.2) is 0 Å². The second-order valence-corrected chi connectivity index (χ2v) is 4.56. The molecule has 3 N–H and O–H groups in total. The molecule has 2 rings (SSSR count). The summed E-state index contributed by atoms with van der Waals surface area (Å²) in [5.41, 5.74) is 11.3. The Balaban J connectivity index is 2.10. The number of amidine groups is 1. The molecule has 0 aromatic heterocycles. The van der Waals surface area contributed by atoms with Crippen molar-refractivity contribution in [3.05, 3.63) is 29.8 Å². The summed E-state index contributed by atoms with van der Waals surface area (Å²) in [4.78, 5) is 4.48. The molecular formula is C13H20N4. The van der Waals surface area contributed by atoms with Crippen molar-refractivity contribution in [1.29, 1.82) is 0 Å². The fraction of sp³-hybridized carbons (Fsp3) is 0.462. The lowest BCUT2D eigenvalue weighted by Gasteiger charge is -2.31. The Bertz CT molecular complexity index is 394. The van der Waals surface area contributed by atoms with E-state index in [2.05, 4.69) is 53.5 Å².